The molecule has 0 N–H and O–H groups in total. The molecule has 0 saturated carbocycles. The highest BCUT2D eigenvalue weighted by Gasteiger charge is 2.20. The Labute approximate surface area is 191 Å². The number of carbonyl (C=O) groups is 1. The van der Waals surface area contributed by atoms with Crippen molar-refractivity contribution in [2.24, 2.45) is 7.05 Å². The lowest BCUT2D eigenvalue weighted by molar-refractivity contribution is -0.134. The van der Waals surface area contributed by atoms with Crippen LogP contribution in [0.2, 0.25) is 0 Å². The lowest BCUT2D eigenvalue weighted by atomic mass is 10.2. The lowest BCUT2D eigenvalue weighted by Gasteiger charge is -2.23. The van der Waals surface area contributed by atoms with Crippen LogP contribution in [0, 0.1) is 13.8 Å². The molecule has 0 fully saturated rings. The Morgan fingerprint density at radius 3 is 2.72 bits per heavy atom. The zero-order valence-electron chi connectivity index (χ0n) is 18.7. The normalized spacial score (nSPS) is 11.0. The highest BCUT2D eigenvalue weighted by Crippen LogP contribution is 2.27. The van der Waals surface area contributed by atoms with Crippen molar-refractivity contribution in [3.05, 3.63) is 69.5 Å². The molecule has 166 valence electrons. The molecule has 3 aromatic heterocycles. The van der Waals surface area contributed by atoms with E-state index in [2.05, 4.69) is 10.1 Å². The molecule has 8 heteroatoms. The minimum Gasteiger partial charge on any atom is -0.496 e. The molecule has 32 heavy (non-hydrogen) atoms. The van der Waals surface area contributed by atoms with Crippen LogP contribution in [0.5, 0.6) is 11.6 Å². The Morgan fingerprint density at radius 1 is 1.16 bits per heavy atom. The largest absolute Gasteiger partial charge is 0.496 e. The number of aryl methyl sites for hydroxylation is 3. The lowest BCUT2D eigenvalue weighted by Crippen LogP contribution is -2.34. The average molecular weight is 451 g/mol. The zero-order valence-corrected chi connectivity index (χ0v) is 19.5. The highest BCUT2D eigenvalue weighted by molar-refractivity contribution is 7.09. The first-order chi connectivity index (χ1) is 15.5. The van der Waals surface area contributed by atoms with Gasteiger partial charge in [0, 0.05) is 29.7 Å². The fourth-order valence-corrected chi connectivity index (χ4v) is 4.45. The molecule has 0 aliphatic carbocycles. The van der Waals surface area contributed by atoms with Gasteiger partial charge >= 0.3 is 0 Å². The van der Waals surface area contributed by atoms with E-state index in [-0.39, 0.29) is 12.5 Å². The molecule has 0 aliphatic rings. The van der Waals surface area contributed by atoms with E-state index >= 15 is 0 Å². The number of fused-ring (bicyclic) bond motifs is 1. The highest BCUT2D eigenvalue weighted by atomic mass is 32.1. The van der Waals surface area contributed by atoms with Gasteiger partial charge in [-0.05, 0) is 43.0 Å². The monoisotopic (exact) mass is 450 g/mol. The number of aromatic nitrogens is 3. The standard InChI is InChI=1S/C24H26N4O3S/c1-16-12-17(2)25-23-22(16)24(26-27(23)3)31-15-21(29)28(14-19-9-7-11-32-19)13-18-8-5-6-10-20(18)30-4/h5-12H,13-15H2,1-4H3. The fourth-order valence-electron chi connectivity index (χ4n) is 3.73. The van der Waals surface area contributed by atoms with Crippen molar-refractivity contribution in [2.45, 2.75) is 26.9 Å². The van der Waals surface area contributed by atoms with E-state index in [1.54, 1.807) is 28.0 Å². The average Bonchev–Trinajstić information content (AvgIpc) is 3.40. The minimum atomic E-state index is -0.124. The molecule has 3 heterocycles. The number of carbonyl (C=O) groups excluding carboxylic acids is 1. The maximum atomic E-state index is 13.2. The van der Waals surface area contributed by atoms with Gasteiger partial charge in [-0.1, -0.05) is 24.3 Å². The topological polar surface area (TPSA) is 69.5 Å². The fraction of sp³-hybridized carbons (Fsp3) is 0.292. The predicted octanol–water partition coefficient (Wildman–Crippen LogP) is 4.26. The molecule has 0 atom stereocenters. The number of pyridine rings is 1. The third-order valence-electron chi connectivity index (χ3n) is 5.25. The van der Waals surface area contributed by atoms with E-state index in [9.17, 15) is 4.79 Å². The van der Waals surface area contributed by atoms with Gasteiger partial charge < -0.3 is 14.4 Å². The Hall–Kier alpha value is -3.39. The number of benzene rings is 1. The molecule has 4 aromatic rings. The summed E-state index contributed by atoms with van der Waals surface area (Å²) in [6, 6.07) is 13.7. The number of hydrogen-bond acceptors (Lipinski definition) is 6. The van der Waals surface area contributed by atoms with Crippen molar-refractivity contribution in [1.82, 2.24) is 19.7 Å². The third-order valence-corrected chi connectivity index (χ3v) is 6.11. The van der Waals surface area contributed by atoms with Crippen LogP contribution in [-0.4, -0.2) is 39.3 Å². The van der Waals surface area contributed by atoms with Gasteiger partial charge in [0.15, 0.2) is 12.3 Å². The number of nitrogens with zero attached hydrogens (tertiary/aromatic N) is 4. The summed E-state index contributed by atoms with van der Waals surface area (Å²) in [5, 5.41) is 7.30. The van der Waals surface area contributed by atoms with E-state index in [4.69, 9.17) is 9.47 Å². The first-order valence-electron chi connectivity index (χ1n) is 10.3. The second-order valence-electron chi connectivity index (χ2n) is 7.64. The van der Waals surface area contributed by atoms with Crippen molar-refractivity contribution < 1.29 is 14.3 Å². The second kappa shape index (κ2) is 9.40. The van der Waals surface area contributed by atoms with Gasteiger partial charge in [-0.3, -0.25) is 4.79 Å². The summed E-state index contributed by atoms with van der Waals surface area (Å²) in [7, 11) is 3.46. The van der Waals surface area contributed by atoms with Gasteiger partial charge in [0.2, 0.25) is 5.88 Å². The minimum absolute atomic E-state index is 0.111. The predicted molar refractivity (Wildman–Crippen MR) is 125 cm³/mol. The SMILES string of the molecule is COc1ccccc1CN(Cc1cccs1)C(=O)COc1nn(C)c2nc(C)cc(C)c12. The smallest absolute Gasteiger partial charge is 0.261 e. The number of ether oxygens (including phenoxy) is 2. The van der Waals surface area contributed by atoms with Crippen LogP contribution >= 0.6 is 11.3 Å². The van der Waals surface area contributed by atoms with Crippen molar-refractivity contribution in [1.29, 1.82) is 0 Å². The molecule has 0 aliphatic heterocycles. The molecular formula is C24H26N4O3S. The van der Waals surface area contributed by atoms with Gasteiger partial charge in [-0.25, -0.2) is 9.67 Å². The number of thiophene rings is 1. The van der Waals surface area contributed by atoms with Crippen molar-refractivity contribution in [2.75, 3.05) is 13.7 Å². The van der Waals surface area contributed by atoms with Gasteiger partial charge in [0.1, 0.15) is 5.75 Å². The third kappa shape index (κ3) is 4.60. The van der Waals surface area contributed by atoms with E-state index in [0.29, 0.717) is 19.0 Å². The molecule has 0 spiro atoms. The Kier molecular flexibility index (Phi) is 6.41. The molecule has 0 bridgehead atoms. The van der Waals surface area contributed by atoms with Gasteiger partial charge in [-0.2, -0.15) is 0 Å². The molecule has 7 nitrogen and oxygen atoms in total. The maximum absolute atomic E-state index is 13.2. The number of para-hydroxylation sites is 1. The van der Waals surface area contributed by atoms with Crippen LogP contribution in [-0.2, 0) is 24.9 Å². The molecular weight excluding hydrogens is 424 g/mol. The summed E-state index contributed by atoms with van der Waals surface area (Å²) in [6.07, 6.45) is 0. The Morgan fingerprint density at radius 2 is 1.97 bits per heavy atom. The van der Waals surface area contributed by atoms with E-state index < -0.39 is 0 Å². The maximum Gasteiger partial charge on any atom is 0.261 e. The van der Waals surface area contributed by atoms with E-state index in [0.717, 1.165) is 38.5 Å². The summed E-state index contributed by atoms with van der Waals surface area (Å²) in [5.41, 5.74) is 3.63. The van der Waals surface area contributed by atoms with Gasteiger partial charge in [0.05, 0.1) is 19.0 Å². The molecule has 1 amide bonds. The summed E-state index contributed by atoms with van der Waals surface area (Å²) in [4.78, 5) is 20.7. The number of hydrogen-bond donors (Lipinski definition) is 0. The van der Waals surface area contributed by atoms with Crippen molar-refractivity contribution in [3.63, 3.8) is 0 Å². The van der Waals surface area contributed by atoms with Crippen molar-refractivity contribution >= 4 is 28.3 Å². The molecule has 0 saturated heterocycles. The Balaban J connectivity index is 1.56. The van der Waals surface area contributed by atoms with Gasteiger partial charge in [0.25, 0.3) is 5.91 Å². The van der Waals surface area contributed by atoms with Crippen LogP contribution < -0.4 is 9.47 Å². The molecule has 4 rings (SSSR count). The first-order valence-corrected chi connectivity index (χ1v) is 11.2. The number of rotatable bonds is 8. The molecule has 0 radical (unpaired) electrons. The van der Waals surface area contributed by atoms with Crippen LogP contribution in [0.15, 0.2) is 47.8 Å². The van der Waals surface area contributed by atoms with Gasteiger partial charge in [-0.15, -0.1) is 16.4 Å². The van der Waals surface area contributed by atoms with Crippen molar-refractivity contribution in [3.8, 4) is 11.6 Å². The summed E-state index contributed by atoms with van der Waals surface area (Å²) < 4.78 is 13.1. The summed E-state index contributed by atoms with van der Waals surface area (Å²) in [5.74, 6) is 1.06. The number of methoxy groups -OCH3 is 1. The quantitative estimate of drug-likeness (QED) is 0.401. The molecule has 1 aromatic carbocycles. The van der Waals surface area contributed by atoms with Crippen LogP contribution in [0.25, 0.3) is 11.0 Å². The van der Waals surface area contributed by atoms with E-state index in [1.807, 2.05) is 68.7 Å². The van der Waals surface area contributed by atoms with Crippen LogP contribution in [0.4, 0.5) is 0 Å². The number of amides is 1. The zero-order chi connectivity index (χ0) is 22.7. The second-order valence-corrected chi connectivity index (χ2v) is 8.67. The Bertz CT molecular complexity index is 1230. The van der Waals surface area contributed by atoms with Crippen LogP contribution in [0.3, 0.4) is 0 Å². The summed E-state index contributed by atoms with van der Waals surface area (Å²) in [6.45, 7) is 4.76. The molecule has 0 unspecified atom stereocenters. The first kappa shape index (κ1) is 21.8. The van der Waals surface area contributed by atoms with Crippen LogP contribution in [0.1, 0.15) is 21.7 Å². The van der Waals surface area contributed by atoms with E-state index in [1.165, 1.54) is 0 Å². The summed E-state index contributed by atoms with van der Waals surface area (Å²) >= 11 is 1.62.